The quantitative estimate of drug-likeness (QED) is 0.422. The molecule has 1 saturated heterocycles. The van der Waals surface area contributed by atoms with Crippen LogP contribution in [-0.4, -0.2) is 91.0 Å². The predicted molar refractivity (Wildman–Crippen MR) is 129 cm³/mol. The Morgan fingerprint density at radius 2 is 2.11 bits per heavy atom. The predicted octanol–water partition coefficient (Wildman–Crippen LogP) is 0.794. The molecule has 0 unspecified atom stereocenters. The van der Waals surface area contributed by atoms with E-state index in [0.717, 1.165) is 12.8 Å². The summed E-state index contributed by atoms with van der Waals surface area (Å²) < 4.78 is 17.4. The van der Waals surface area contributed by atoms with Gasteiger partial charge in [-0.1, -0.05) is 13.8 Å². The van der Waals surface area contributed by atoms with Crippen molar-refractivity contribution in [2.24, 2.45) is 5.92 Å². The van der Waals surface area contributed by atoms with Crippen LogP contribution in [0.4, 0.5) is 0 Å². The van der Waals surface area contributed by atoms with Crippen LogP contribution >= 0.6 is 0 Å². The van der Waals surface area contributed by atoms with Gasteiger partial charge in [0.15, 0.2) is 11.5 Å². The highest BCUT2D eigenvalue weighted by Gasteiger charge is 2.51. The Balaban J connectivity index is 1.80. The molecule has 1 aromatic rings. The molecule has 1 fully saturated rings. The molecule has 0 bridgehead atoms. The van der Waals surface area contributed by atoms with E-state index in [1.165, 1.54) is 13.2 Å². The number of hydrogen-bond acceptors (Lipinski definition) is 8. The molecule has 5 atom stereocenters. The molecule has 10 heteroatoms. The van der Waals surface area contributed by atoms with E-state index in [1.807, 2.05) is 0 Å². The average molecular weight is 503 g/mol. The summed E-state index contributed by atoms with van der Waals surface area (Å²) in [7, 11) is 1.45. The van der Waals surface area contributed by atoms with Gasteiger partial charge in [0.25, 0.3) is 0 Å². The summed E-state index contributed by atoms with van der Waals surface area (Å²) in [4.78, 5) is 39.8. The summed E-state index contributed by atoms with van der Waals surface area (Å²) >= 11 is 0. The maximum Gasteiger partial charge on any atom is 0.247 e. The monoisotopic (exact) mass is 502 g/mol. The summed E-state index contributed by atoms with van der Waals surface area (Å²) in [6.07, 6.45) is 1.78. The first-order valence-electron chi connectivity index (χ1n) is 12.3. The van der Waals surface area contributed by atoms with E-state index in [0.29, 0.717) is 41.1 Å². The van der Waals surface area contributed by atoms with E-state index in [1.54, 1.807) is 30.9 Å². The number of nitrogens with one attached hydrogen (secondary N) is 1. The van der Waals surface area contributed by atoms with Gasteiger partial charge in [-0.05, 0) is 31.1 Å². The summed E-state index contributed by atoms with van der Waals surface area (Å²) in [5, 5.41) is 23.5. The van der Waals surface area contributed by atoms with Crippen LogP contribution in [0.3, 0.4) is 0 Å². The number of carbonyl (C=O) groups excluding carboxylic acids is 3. The van der Waals surface area contributed by atoms with Crippen molar-refractivity contribution >= 4 is 18.1 Å². The van der Waals surface area contributed by atoms with Crippen LogP contribution in [0.5, 0.6) is 11.5 Å². The number of amides is 2. The van der Waals surface area contributed by atoms with Gasteiger partial charge >= 0.3 is 0 Å². The number of ether oxygens (including phenoxy) is 3. The van der Waals surface area contributed by atoms with E-state index in [2.05, 4.69) is 5.32 Å². The first-order valence-corrected chi connectivity index (χ1v) is 12.3. The second kappa shape index (κ2) is 11.0. The normalized spacial score (nSPS) is 26.5. The van der Waals surface area contributed by atoms with Crippen molar-refractivity contribution in [3.05, 3.63) is 34.9 Å². The highest BCUT2D eigenvalue weighted by Crippen LogP contribution is 2.51. The molecule has 36 heavy (non-hydrogen) atoms. The van der Waals surface area contributed by atoms with E-state index in [-0.39, 0.29) is 37.6 Å². The zero-order chi connectivity index (χ0) is 26.0. The third-order valence-corrected chi connectivity index (χ3v) is 6.97. The summed E-state index contributed by atoms with van der Waals surface area (Å²) in [6.45, 7) is 4.27. The Morgan fingerprint density at radius 1 is 1.33 bits per heavy atom. The Bertz CT molecular complexity index is 1030. The number of aldehydes is 1. The van der Waals surface area contributed by atoms with Crippen molar-refractivity contribution in [2.45, 2.75) is 57.0 Å². The molecule has 10 nitrogen and oxygen atoms in total. The van der Waals surface area contributed by atoms with Gasteiger partial charge in [-0.2, -0.15) is 0 Å². The number of carbonyl (C=O) groups is 3. The largest absolute Gasteiger partial charge is 0.493 e. The van der Waals surface area contributed by atoms with Gasteiger partial charge in [-0.3, -0.25) is 14.4 Å². The van der Waals surface area contributed by atoms with Gasteiger partial charge in [0, 0.05) is 42.3 Å². The Labute approximate surface area is 210 Å². The Kier molecular flexibility index (Phi) is 7.97. The standard InChI is InChI=1S/C26H34N2O8/c1-14(2)26(33)28(12-16-5-4-8-35-16)19-11-18(25(32)27-6-7-29)21-17-9-15(13-30)10-20(34-3)23(17)36-24(21)22(19)31/h9-11,13-14,16,19,21-22,24,29,31H,4-8,12H2,1-3H3,(H,27,32)/t16-,19-,21+,22+,24+/m1/s1. The van der Waals surface area contributed by atoms with E-state index in [9.17, 15) is 24.6 Å². The van der Waals surface area contributed by atoms with Crippen molar-refractivity contribution in [1.82, 2.24) is 10.2 Å². The molecule has 1 aliphatic carbocycles. The number of aliphatic hydroxyl groups is 2. The van der Waals surface area contributed by atoms with Crippen molar-refractivity contribution < 1.29 is 38.8 Å². The third-order valence-electron chi connectivity index (χ3n) is 6.97. The molecule has 2 aliphatic heterocycles. The maximum atomic E-state index is 13.3. The zero-order valence-corrected chi connectivity index (χ0v) is 20.8. The molecule has 0 spiro atoms. The van der Waals surface area contributed by atoms with Gasteiger partial charge in [0.2, 0.25) is 11.8 Å². The lowest BCUT2D eigenvalue weighted by Gasteiger charge is -2.42. The average Bonchev–Trinajstić information content (AvgIpc) is 3.53. The van der Waals surface area contributed by atoms with Crippen molar-refractivity contribution in [1.29, 1.82) is 0 Å². The lowest BCUT2D eigenvalue weighted by molar-refractivity contribution is -0.142. The van der Waals surface area contributed by atoms with Crippen LogP contribution in [0.25, 0.3) is 0 Å². The Hall–Kier alpha value is -2.95. The molecule has 2 amide bonds. The second-order valence-electron chi connectivity index (χ2n) is 9.68. The van der Waals surface area contributed by atoms with Crippen LogP contribution in [0.2, 0.25) is 0 Å². The molecule has 0 aromatic heterocycles. The fraction of sp³-hybridized carbons (Fsp3) is 0.577. The fourth-order valence-electron chi connectivity index (χ4n) is 5.26. The summed E-state index contributed by atoms with van der Waals surface area (Å²) in [5.74, 6) is -0.990. The van der Waals surface area contributed by atoms with E-state index < -0.39 is 30.1 Å². The van der Waals surface area contributed by atoms with E-state index in [4.69, 9.17) is 14.2 Å². The highest BCUT2D eigenvalue weighted by molar-refractivity contribution is 5.96. The SMILES string of the molecule is COc1cc(C=O)cc2c1O[C@@H]1[C@@H](O)[C@H](N(C[C@H]3CCCO3)C(=O)C(C)C)C=C(C(=O)NCCO)[C@H]21. The topological polar surface area (TPSA) is 135 Å². The van der Waals surface area contributed by atoms with Gasteiger partial charge in [0.1, 0.15) is 18.5 Å². The van der Waals surface area contributed by atoms with Gasteiger partial charge < -0.3 is 34.6 Å². The molecule has 2 heterocycles. The molecule has 4 rings (SSSR count). The summed E-state index contributed by atoms with van der Waals surface area (Å²) in [6, 6.07) is 2.32. The Morgan fingerprint density at radius 3 is 2.72 bits per heavy atom. The lowest BCUT2D eigenvalue weighted by atomic mass is 9.77. The van der Waals surface area contributed by atoms with Crippen LogP contribution in [0, 0.1) is 5.92 Å². The molecule has 3 aliphatic rings. The highest BCUT2D eigenvalue weighted by atomic mass is 16.5. The lowest BCUT2D eigenvalue weighted by Crippen LogP contribution is -2.57. The number of hydrogen-bond donors (Lipinski definition) is 3. The van der Waals surface area contributed by atoms with Crippen molar-refractivity contribution in [2.75, 3.05) is 33.4 Å². The van der Waals surface area contributed by atoms with E-state index >= 15 is 0 Å². The zero-order valence-electron chi connectivity index (χ0n) is 20.8. The fourth-order valence-corrected chi connectivity index (χ4v) is 5.26. The number of benzene rings is 1. The van der Waals surface area contributed by atoms with Crippen LogP contribution < -0.4 is 14.8 Å². The minimum absolute atomic E-state index is 0.0384. The van der Waals surface area contributed by atoms with Crippen molar-refractivity contribution in [3.63, 3.8) is 0 Å². The van der Waals surface area contributed by atoms with Crippen LogP contribution in [-0.2, 0) is 14.3 Å². The molecule has 0 radical (unpaired) electrons. The molecular weight excluding hydrogens is 468 g/mol. The smallest absolute Gasteiger partial charge is 0.247 e. The molecule has 196 valence electrons. The molecule has 3 N–H and O–H groups in total. The molecular formula is C26H34N2O8. The second-order valence-corrected chi connectivity index (χ2v) is 9.68. The summed E-state index contributed by atoms with van der Waals surface area (Å²) in [5.41, 5.74) is 1.18. The molecule has 0 saturated carbocycles. The van der Waals surface area contributed by atoms with Crippen LogP contribution in [0.15, 0.2) is 23.8 Å². The minimum atomic E-state index is -1.16. The number of aliphatic hydroxyl groups excluding tert-OH is 2. The maximum absolute atomic E-state index is 13.3. The number of methoxy groups -OCH3 is 1. The van der Waals surface area contributed by atoms with Crippen LogP contribution in [0.1, 0.15) is 48.5 Å². The number of nitrogens with zero attached hydrogens (tertiary/aromatic N) is 1. The van der Waals surface area contributed by atoms with Gasteiger partial charge in [0.05, 0.1) is 31.8 Å². The number of rotatable bonds is 9. The first kappa shape index (κ1) is 26.1. The minimum Gasteiger partial charge on any atom is -0.493 e. The third kappa shape index (κ3) is 4.85. The van der Waals surface area contributed by atoms with Gasteiger partial charge in [-0.15, -0.1) is 0 Å². The molecule has 1 aromatic carbocycles. The van der Waals surface area contributed by atoms with Gasteiger partial charge in [-0.25, -0.2) is 0 Å². The van der Waals surface area contributed by atoms with Crippen molar-refractivity contribution in [3.8, 4) is 11.5 Å². The first-order chi connectivity index (χ1) is 17.3. The number of fused-ring (bicyclic) bond motifs is 3.